The monoisotopic (exact) mass is 394 g/mol. The van der Waals surface area contributed by atoms with Gasteiger partial charge in [-0.05, 0) is 25.8 Å². The molecule has 1 fully saturated rings. The standard InChI is InChI=1S/C21H26N6O2/c1-13-20-24-25-21(17-11-22-19(23-17)14-4-5-14)27(20)9-8-26(13)12-15-6-7-16(28-2)10-18(15)29-3/h6-7,10-11,13-14H,4-5,8-9,12H2,1-3H3,(H,22,23)/t13-/m0/s1. The number of methoxy groups -OCH3 is 2. The van der Waals surface area contributed by atoms with E-state index >= 15 is 0 Å². The molecule has 5 rings (SSSR count). The summed E-state index contributed by atoms with van der Waals surface area (Å²) in [5.41, 5.74) is 2.10. The van der Waals surface area contributed by atoms with Crippen molar-refractivity contribution < 1.29 is 9.47 Å². The SMILES string of the molecule is COc1ccc(CN2CCn3c(-c4cnc(C5CC5)[nH]4)nnc3[C@@H]2C)c(OC)c1. The van der Waals surface area contributed by atoms with Gasteiger partial charge in [0.05, 0.1) is 26.5 Å². The molecular weight excluding hydrogens is 368 g/mol. The van der Waals surface area contributed by atoms with Crippen LogP contribution in [0.25, 0.3) is 11.5 Å². The lowest BCUT2D eigenvalue weighted by molar-refractivity contribution is 0.155. The van der Waals surface area contributed by atoms with Gasteiger partial charge in [0.25, 0.3) is 0 Å². The number of H-pyrrole nitrogens is 1. The average molecular weight is 394 g/mol. The van der Waals surface area contributed by atoms with Crippen LogP contribution in [0.2, 0.25) is 0 Å². The van der Waals surface area contributed by atoms with E-state index in [9.17, 15) is 0 Å². The molecule has 1 atom stereocenters. The second-order valence-corrected chi connectivity index (χ2v) is 7.81. The van der Waals surface area contributed by atoms with Crippen LogP contribution in [0.15, 0.2) is 24.4 Å². The molecule has 0 radical (unpaired) electrons. The summed E-state index contributed by atoms with van der Waals surface area (Å²) in [6.07, 6.45) is 4.35. The Hall–Kier alpha value is -2.87. The third-order valence-electron chi connectivity index (χ3n) is 5.98. The molecule has 0 amide bonds. The van der Waals surface area contributed by atoms with Gasteiger partial charge in [-0.15, -0.1) is 10.2 Å². The molecule has 0 spiro atoms. The van der Waals surface area contributed by atoms with Crippen molar-refractivity contribution >= 4 is 0 Å². The zero-order valence-corrected chi connectivity index (χ0v) is 17.1. The molecule has 0 unspecified atom stereocenters. The summed E-state index contributed by atoms with van der Waals surface area (Å²) >= 11 is 0. The van der Waals surface area contributed by atoms with E-state index in [0.29, 0.717) is 5.92 Å². The van der Waals surface area contributed by atoms with Crippen LogP contribution in [0, 0.1) is 0 Å². The third kappa shape index (κ3) is 3.27. The van der Waals surface area contributed by atoms with E-state index in [1.807, 2.05) is 18.3 Å². The molecule has 8 nitrogen and oxygen atoms in total. The van der Waals surface area contributed by atoms with Crippen LogP contribution >= 0.6 is 0 Å². The molecule has 1 aliphatic carbocycles. The molecule has 3 aromatic rings. The Kier molecular flexibility index (Phi) is 4.50. The maximum atomic E-state index is 5.57. The molecule has 2 aromatic heterocycles. The number of ether oxygens (including phenoxy) is 2. The number of hydrogen-bond donors (Lipinski definition) is 1. The van der Waals surface area contributed by atoms with E-state index in [1.54, 1.807) is 14.2 Å². The largest absolute Gasteiger partial charge is 0.497 e. The Balaban J connectivity index is 1.37. The van der Waals surface area contributed by atoms with Gasteiger partial charge >= 0.3 is 0 Å². The van der Waals surface area contributed by atoms with Crippen LogP contribution < -0.4 is 9.47 Å². The number of nitrogens with one attached hydrogen (secondary N) is 1. The molecule has 3 heterocycles. The quantitative estimate of drug-likeness (QED) is 0.692. The molecular formula is C21H26N6O2. The zero-order chi connectivity index (χ0) is 20.0. The van der Waals surface area contributed by atoms with Crippen molar-refractivity contribution in [1.29, 1.82) is 0 Å². The van der Waals surface area contributed by atoms with Crippen LogP contribution in [-0.2, 0) is 13.1 Å². The number of hydrogen-bond acceptors (Lipinski definition) is 6. The lowest BCUT2D eigenvalue weighted by Gasteiger charge is -2.34. The molecule has 8 heteroatoms. The summed E-state index contributed by atoms with van der Waals surface area (Å²) < 4.78 is 13.1. The molecule has 29 heavy (non-hydrogen) atoms. The van der Waals surface area contributed by atoms with Crippen LogP contribution in [0.3, 0.4) is 0 Å². The number of aromatic nitrogens is 5. The van der Waals surface area contributed by atoms with Gasteiger partial charge in [0.1, 0.15) is 23.0 Å². The first-order chi connectivity index (χ1) is 14.2. The van der Waals surface area contributed by atoms with E-state index in [4.69, 9.17) is 9.47 Å². The number of aromatic amines is 1. The lowest BCUT2D eigenvalue weighted by Crippen LogP contribution is -2.36. The summed E-state index contributed by atoms with van der Waals surface area (Å²) in [5, 5.41) is 9.00. The minimum atomic E-state index is 0.155. The van der Waals surface area contributed by atoms with Crippen LogP contribution in [0.1, 0.15) is 48.9 Å². The zero-order valence-electron chi connectivity index (χ0n) is 17.1. The van der Waals surface area contributed by atoms with Crippen molar-refractivity contribution in [2.75, 3.05) is 20.8 Å². The number of nitrogens with zero attached hydrogens (tertiary/aromatic N) is 5. The smallest absolute Gasteiger partial charge is 0.182 e. The van der Waals surface area contributed by atoms with Gasteiger partial charge < -0.3 is 19.0 Å². The Labute approximate surface area is 169 Å². The Morgan fingerprint density at radius 1 is 1.14 bits per heavy atom. The molecule has 1 aliphatic heterocycles. The summed E-state index contributed by atoms with van der Waals surface area (Å²) in [6, 6.07) is 6.13. The number of imidazole rings is 1. The molecule has 2 aliphatic rings. The highest BCUT2D eigenvalue weighted by Crippen LogP contribution is 2.39. The predicted octanol–water partition coefficient (Wildman–Crippen LogP) is 3.14. The minimum absolute atomic E-state index is 0.155. The highest BCUT2D eigenvalue weighted by Gasteiger charge is 2.31. The second-order valence-electron chi connectivity index (χ2n) is 7.81. The Bertz CT molecular complexity index is 1020. The van der Waals surface area contributed by atoms with E-state index in [1.165, 1.54) is 12.8 Å². The first-order valence-corrected chi connectivity index (χ1v) is 10.1. The van der Waals surface area contributed by atoms with Crippen molar-refractivity contribution in [3.63, 3.8) is 0 Å². The molecule has 1 N–H and O–H groups in total. The Morgan fingerprint density at radius 3 is 2.76 bits per heavy atom. The van der Waals surface area contributed by atoms with Gasteiger partial charge in [0.15, 0.2) is 11.6 Å². The van der Waals surface area contributed by atoms with Gasteiger partial charge in [-0.2, -0.15) is 0 Å². The molecule has 1 aromatic carbocycles. The van der Waals surface area contributed by atoms with Crippen LogP contribution in [0.5, 0.6) is 11.5 Å². The summed E-state index contributed by atoms with van der Waals surface area (Å²) in [7, 11) is 3.36. The first kappa shape index (κ1) is 18.2. The summed E-state index contributed by atoms with van der Waals surface area (Å²) in [4.78, 5) is 10.4. The van der Waals surface area contributed by atoms with Crippen molar-refractivity contribution in [2.45, 2.75) is 44.8 Å². The minimum Gasteiger partial charge on any atom is -0.497 e. The normalized spacial score (nSPS) is 19.2. The van der Waals surface area contributed by atoms with Gasteiger partial charge in [-0.25, -0.2) is 4.98 Å². The fourth-order valence-electron chi connectivity index (χ4n) is 4.06. The molecule has 0 bridgehead atoms. The van der Waals surface area contributed by atoms with Crippen LogP contribution in [0.4, 0.5) is 0 Å². The highest BCUT2D eigenvalue weighted by molar-refractivity contribution is 5.49. The number of fused-ring (bicyclic) bond motifs is 1. The third-order valence-corrected chi connectivity index (χ3v) is 5.98. The van der Waals surface area contributed by atoms with Gasteiger partial charge in [0, 0.05) is 37.2 Å². The fraction of sp³-hybridized carbons (Fsp3) is 0.476. The van der Waals surface area contributed by atoms with E-state index < -0.39 is 0 Å². The van der Waals surface area contributed by atoms with Crippen molar-refractivity contribution in [3.8, 4) is 23.0 Å². The van der Waals surface area contributed by atoms with Gasteiger partial charge in [-0.1, -0.05) is 6.07 Å². The molecule has 1 saturated carbocycles. The Morgan fingerprint density at radius 2 is 2.00 bits per heavy atom. The van der Waals surface area contributed by atoms with E-state index in [0.717, 1.165) is 59.9 Å². The van der Waals surface area contributed by atoms with Gasteiger partial charge in [-0.3, -0.25) is 4.90 Å². The van der Waals surface area contributed by atoms with Crippen molar-refractivity contribution in [3.05, 3.63) is 41.6 Å². The number of rotatable bonds is 6. The number of benzene rings is 1. The van der Waals surface area contributed by atoms with Crippen LogP contribution in [-0.4, -0.2) is 50.4 Å². The van der Waals surface area contributed by atoms with Crippen molar-refractivity contribution in [2.24, 2.45) is 0 Å². The van der Waals surface area contributed by atoms with E-state index in [2.05, 4.69) is 42.6 Å². The first-order valence-electron chi connectivity index (χ1n) is 10.1. The summed E-state index contributed by atoms with van der Waals surface area (Å²) in [6.45, 7) is 4.73. The molecule has 0 saturated heterocycles. The molecule has 152 valence electrons. The lowest BCUT2D eigenvalue weighted by atomic mass is 10.1. The van der Waals surface area contributed by atoms with Gasteiger partial charge in [0.2, 0.25) is 0 Å². The average Bonchev–Trinajstić information content (AvgIpc) is 3.32. The van der Waals surface area contributed by atoms with Crippen molar-refractivity contribution in [1.82, 2.24) is 29.6 Å². The maximum Gasteiger partial charge on any atom is 0.182 e. The predicted molar refractivity (Wildman–Crippen MR) is 108 cm³/mol. The second kappa shape index (κ2) is 7.18. The maximum absolute atomic E-state index is 5.57. The highest BCUT2D eigenvalue weighted by atomic mass is 16.5. The van der Waals surface area contributed by atoms with E-state index in [-0.39, 0.29) is 6.04 Å². The topological polar surface area (TPSA) is 81.1 Å². The fourth-order valence-corrected chi connectivity index (χ4v) is 4.06. The summed E-state index contributed by atoms with van der Waals surface area (Å²) in [5.74, 6) is 5.19.